The smallest absolute Gasteiger partial charge is 0.227 e. The minimum Gasteiger partial charge on any atom is -0.355 e. The summed E-state index contributed by atoms with van der Waals surface area (Å²) in [6, 6.07) is 0. The second-order valence-corrected chi connectivity index (χ2v) is 3.20. The highest BCUT2D eigenvalue weighted by Crippen LogP contribution is 2.26. The second kappa shape index (κ2) is 2.22. The van der Waals surface area contributed by atoms with Gasteiger partial charge in [-0.05, 0) is 6.92 Å². The van der Waals surface area contributed by atoms with Crippen molar-refractivity contribution in [3.8, 4) is 0 Å². The third kappa shape index (κ3) is 0.985. The van der Waals surface area contributed by atoms with Crippen LogP contribution in [0.15, 0.2) is 23.8 Å². The number of amides is 1. The minimum absolute atomic E-state index is 0.110. The molecular weight excluding hydrogens is 138 g/mol. The highest BCUT2D eigenvalue weighted by Gasteiger charge is 2.32. The van der Waals surface area contributed by atoms with Gasteiger partial charge in [0.05, 0.1) is 5.92 Å². The average Bonchev–Trinajstić information content (AvgIpc) is 2.32. The first-order valence-electron chi connectivity index (χ1n) is 3.92. The van der Waals surface area contributed by atoms with Crippen LogP contribution in [0.2, 0.25) is 0 Å². The van der Waals surface area contributed by atoms with Crippen molar-refractivity contribution in [3.63, 3.8) is 0 Å². The van der Waals surface area contributed by atoms with E-state index < -0.39 is 0 Å². The van der Waals surface area contributed by atoms with Crippen LogP contribution in [-0.4, -0.2) is 12.5 Å². The first kappa shape index (κ1) is 6.65. The lowest BCUT2D eigenvalue weighted by Gasteiger charge is -2.13. The summed E-state index contributed by atoms with van der Waals surface area (Å²) in [7, 11) is 0. The van der Waals surface area contributed by atoms with E-state index >= 15 is 0 Å². The maximum atomic E-state index is 11.1. The van der Waals surface area contributed by atoms with Crippen LogP contribution in [0.5, 0.6) is 0 Å². The van der Waals surface area contributed by atoms with Crippen LogP contribution in [0.1, 0.15) is 6.92 Å². The zero-order valence-corrected chi connectivity index (χ0v) is 6.50. The Balaban J connectivity index is 2.27. The van der Waals surface area contributed by atoms with Crippen molar-refractivity contribution in [3.05, 3.63) is 23.8 Å². The molecule has 2 heteroatoms. The molecule has 2 rings (SSSR count). The summed E-state index contributed by atoms with van der Waals surface area (Å²) in [5.74, 6) is 0.696. The third-order valence-corrected chi connectivity index (χ3v) is 2.32. The van der Waals surface area contributed by atoms with Gasteiger partial charge in [0.15, 0.2) is 0 Å². The summed E-state index contributed by atoms with van der Waals surface area (Å²) < 4.78 is 0. The van der Waals surface area contributed by atoms with Gasteiger partial charge in [0.1, 0.15) is 0 Å². The summed E-state index contributed by atoms with van der Waals surface area (Å²) in [5.41, 5.74) is 1.27. The van der Waals surface area contributed by atoms with E-state index in [4.69, 9.17) is 0 Å². The Morgan fingerprint density at radius 3 is 3.27 bits per heavy atom. The Morgan fingerprint density at radius 1 is 1.64 bits per heavy atom. The molecule has 0 spiro atoms. The Labute approximate surface area is 66.0 Å². The van der Waals surface area contributed by atoms with E-state index in [1.54, 1.807) is 0 Å². The van der Waals surface area contributed by atoms with Gasteiger partial charge in [0, 0.05) is 12.5 Å². The lowest BCUT2D eigenvalue weighted by atomic mass is 9.89. The van der Waals surface area contributed by atoms with Crippen LogP contribution in [0.4, 0.5) is 0 Å². The molecule has 0 saturated carbocycles. The van der Waals surface area contributed by atoms with Crippen LogP contribution >= 0.6 is 0 Å². The third-order valence-electron chi connectivity index (χ3n) is 2.32. The zero-order valence-electron chi connectivity index (χ0n) is 6.50. The number of rotatable bonds is 0. The van der Waals surface area contributed by atoms with Gasteiger partial charge >= 0.3 is 0 Å². The molecule has 1 N–H and O–H groups in total. The largest absolute Gasteiger partial charge is 0.355 e. The molecule has 1 saturated heterocycles. The predicted octanol–water partition coefficient (Wildman–Crippen LogP) is 0.865. The van der Waals surface area contributed by atoms with Crippen LogP contribution < -0.4 is 5.32 Å². The molecule has 58 valence electrons. The first-order chi connectivity index (χ1) is 5.27. The Bertz CT molecular complexity index is 252. The van der Waals surface area contributed by atoms with Gasteiger partial charge in [-0.15, -0.1) is 0 Å². The molecule has 0 aromatic rings. The molecule has 2 atom stereocenters. The maximum absolute atomic E-state index is 11.1. The standard InChI is InChI=1S/C9H11NO/c1-6-2-3-8-7(4-6)5-10-9(8)11/h2-4,7-8H,5H2,1H3,(H,10,11). The number of hydrogen-bond acceptors (Lipinski definition) is 1. The summed E-state index contributed by atoms with van der Waals surface area (Å²) in [4.78, 5) is 11.1. The number of allylic oxidation sites excluding steroid dienone is 2. The second-order valence-electron chi connectivity index (χ2n) is 3.20. The van der Waals surface area contributed by atoms with Crippen molar-refractivity contribution in [2.45, 2.75) is 6.92 Å². The van der Waals surface area contributed by atoms with E-state index in [-0.39, 0.29) is 11.8 Å². The molecule has 0 aromatic carbocycles. The lowest BCUT2D eigenvalue weighted by molar-refractivity contribution is -0.121. The molecule has 11 heavy (non-hydrogen) atoms. The molecule has 1 aliphatic heterocycles. The fourth-order valence-electron chi connectivity index (χ4n) is 1.70. The van der Waals surface area contributed by atoms with Crippen molar-refractivity contribution in [1.29, 1.82) is 0 Å². The van der Waals surface area contributed by atoms with Gasteiger partial charge in [-0.3, -0.25) is 4.79 Å². The lowest BCUT2D eigenvalue weighted by Crippen LogP contribution is -2.18. The quantitative estimate of drug-likeness (QED) is 0.544. The van der Waals surface area contributed by atoms with Crippen LogP contribution in [-0.2, 0) is 4.79 Å². The van der Waals surface area contributed by atoms with Gasteiger partial charge in [-0.2, -0.15) is 0 Å². The van der Waals surface area contributed by atoms with Gasteiger partial charge in [-0.1, -0.05) is 23.8 Å². The predicted molar refractivity (Wildman–Crippen MR) is 42.9 cm³/mol. The van der Waals surface area contributed by atoms with Crippen LogP contribution in [0.3, 0.4) is 0 Å². The topological polar surface area (TPSA) is 29.1 Å². The van der Waals surface area contributed by atoms with Crippen molar-refractivity contribution < 1.29 is 4.79 Å². The normalized spacial score (nSPS) is 34.6. The van der Waals surface area contributed by atoms with E-state index in [2.05, 4.69) is 18.3 Å². The van der Waals surface area contributed by atoms with Crippen LogP contribution in [0.25, 0.3) is 0 Å². The molecule has 0 aromatic heterocycles. The fourth-order valence-corrected chi connectivity index (χ4v) is 1.70. The SMILES string of the molecule is CC1=CC2CNC(=O)C2C=C1. The van der Waals surface area contributed by atoms with E-state index in [1.165, 1.54) is 5.57 Å². The summed E-state index contributed by atoms with van der Waals surface area (Å²) in [6.45, 7) is 2.88. The Morgan fingerprint density at radius 2 is 2.45 bits per heavy atom. The number of hydrogen-bond donors (Lipinski definition) is 1. The summed E-state index contributed by atoms with van der Waals surface area (Å²) >= 11 is 0. The van der Waals surface area contributed by atoms with Crippen molar-refractivity contribution in [2.24, 2.45) is 11.8 Å². The van der Waals surface area contributed by atoms with E-state index in [0.717, 1.165) is 6.54 Å². The molecular formula is C9H11NO. The van der Waals surface area contributed by atoms with Crippen molar-refractivity contribution in [2.75, 3.05) is 6.54 Å². The number of fused-ring (bicyclic) bond motifs is 1. The molecule has 1 aliphatic carbocycles. The van der Waals surface area contributed by atoms with E-state index in [9.17, 15) is 4.79 Å². The van der Waals surface area contributed by atoms with Gasteiger partial charge in [0.2, 0.25) is 5.91 Å². The number of carbonyl (C=O) groups is 1. The molecule has 0 bridgehead atoms. The molecule has 2 nitrogen and oxygen atoms in total. The molecule has 1 amide bonds. The molecule has 1 heterocycles. The zero-order chi connectivity index (χ0) is 7.84. The fraction of sp³-hybridized carbons (Fsp3) is 0.444. The van der Waals surface area contributed by atoms with Gasteiger partial charge in [-0.25, -0.2) is 0 Å². The minimum atomic E-state index is 0.110. The molecule has 2 unspecified atom stereocenters. The van der Waals surface area contributed by atoms with E-state index in [0.29, 0.717) is 5.92 Å². The van der Waals surface area contributed by atoms with Crippen molar-refractivity contribution >= 4 is 5.91 Å². The monoisotopic (exact) mass is 149 g/mol. The van der Waals surface area contributed by atoms with E-state index in [1.807, 2.05) is 12.2 Å². The van der Waals surface area contributed by atoms with Gasteiger partial charge in [0.25, 0.3) is 0 Å². The molecule has 1 fully saturated rings. The van der Waals surface area contributed by atoms with Crippen LogP contribution in [0, 0.1) is 11.8 Å². The van der Waals surface area contributed by atoms with Crippen molar-refractivity contribution in [1.82, 2.24) is 5.32 Å². The maximum Gasteiger partial charge on any atom is 0.227 e. The summed E-state index contributed by atoms with van der Waals surface area (Å²) in [5, 5.41) is 2.85. The summed E-state index contributed by atoms with van der Waals surface area (Å²) in [6.07, 6.45) is 6.19. The highest BCUT2D eigenvalue weighted by atomic mass is 16.2. The van der Waals surface area contributed by atoms with Gasteiger partial charge < -0.3 is 5.32 Å². The molecule has 2 aliphatic rings. The Hall–Kier alpha value is -1.05. The first-order valence-corrected chi connectivity index (χ1v) is 3.92. The number of carbonyl (C=O) groups excluding carboxylic acids is 1. The number of nitrogens with one attached hydrogen (secondary N) is 1. The highest BCUT2D eigenvalue weighted by molar-refractivity contribution is 5.83. The Kier molecular flexibility index (Phi) is 1.34. The molecule has 0 radical (unpaired) electrons. The average molecular weight is 149 g/mol.